The van der Waals surface area contributed by atoms with Crippen LogP contribution in [0, 0.1) is 0 Å². The predicted octanol–water partition coefficient (Wildman–Crippen LogP) is 4.36. The highest BCUT2D eigenvalue weighted by molar-refractivity contribution is 8.01. The second kappa shape index (κ2) is 8.46. The number of nitrogens with one attached hydrogen (secondary N) is 1. The van der Waals surface area contributed by atoms with Crippen LogP contribution < -0.4 is 10.2 Å². The van der Waals surface area contributed by atoms with E-state index in [9.17, 15) is 27.6 Å². The van der Waals surface area contributed by atoms with Gasteiger partial charge in [0.15, 0.2) is 0 Å². The van der Waals surface area contributed by atoms with Crippen LogP contribution in [0.4, 0.5) is 24.5 Å². The van der Waals surface area contributed by atoms with Crippen molar-refractivity contribution in [3.8, 4) is 0 Å². The molecule has 2 aromatic rings. The zero-order valence-electron chi connectivity index (χ0n) is 14.7. The van der Waals surface area contributed by atoms with E-state index in [0.29, 0.717) is 10.7 Å². The Hall–Kier alpha value is -2.52. The van der Waals surface area contributed by atoms with E-state index in [1.54, 1.807) is 24.3 Å². The van der Waals surface area contributed by atoms with E-state index in [-0.39, 0.29) is 17.9 Å². The van der Waals surface area contributed by atoms with E-state index in [1.807, 2.05) is 0 Å². The summed E-state index contributed by atoms with van der Waals surface area (Å²) in [4.78, 5) is 37.8. The Labute approximate surface area is 173 Å². The summed E-state index contributed by atoms with van der Waals surface area (Å²) >= 11 is 6.77. The van der Waals surface area contributed by atoms with Crippen LogP contribution in [0.3, 0.4) is 0 Å². The molecule has 0 aliphatic carbocycles. The fourth-order valence-corrected chi connectivity index (χ4v) is 3.80. The number of alkyl halides is 3. The first-order valence-electron chi connectivity index (χ1n) is 8.36. The molecule has 1 fully saturated rings. The third-order valence-electron chi connectivity index (χ3n) is 4.08. The van der Waals surface area contributed by atoms with Crippen molar-refractivity contribution in [2.24, 2.45) is 0 Å². The molecule has 3 rings (SSSR count). The number of amides is 3. The first-order valence-corrected chi connectivity index (χ1v) is 9.79. The fraction of sp³-hybridized carbons (Fsp3) is 0.211. The molecule has 0 spiro atoms. The van der Waals surface area contributed by atoms with Gasteiger partial charge in [0, 0.05) is 17.1 Å². The molecule has 29 heavy (non-hydrogen) atoms. The van der Waals surface area contributed by atoms with Gasteiger partial charge in [-0.25, -0.2) is 4.90 Å². The molecule has 0 saturated carbocycles. The number of carbonyl (C=O) groups is 3. The SMILES string of the molecule is O=C(CSC1CC(=O)N(c2ccc(Cl)cc2)C1=O)Nc1cccc(C(F)(F)F)c1. The number of hydrogen-bond donors (Lipinski definition) is 1. The number of rotatable bonds is 5. The van der Waals surface area contributed by atoms with Crippen LogP contribution in [0.2, 0.25) is 5.02 Å². The van der Waals surface area contributed by atoms with E-state index in [4.69, 9.17) is 11.6 Å². The summed E-state index contributed by atoms with van der Waals surface area (Å²) in [5, 5.41) is 2.09. The number of imide groups is 1. The molecule has 152 valence electrons. The van der Waals surface area contributed by atoms with Gasteiger partial charge in [-0.05, 0) is 42.5 Å². The molecule has 0 radical (unpaired) electrons. The Morgan fingerprint density at radius 2 is 1.86 bits per heavy atom. The molecule has 1 N–H and O–H groups in total. The number of halogens is 4. The predicted molar refractivity (Wildman–Crippen MR) is 105 cm³/mol. The van der Waals surface area contributed by atoms with Crippen LogP contribution in [-0.2, 0) is 20.6 Å². The van der Waals surface area contributed by atoms with Gasteiger partial charge >= 0.3 is 6.18 Å². The number of hydrogen-bond acceptors (Lipinski definition) is 4. The zero-order valence-corrected chi connectivity index (χ0v) is 16.3. The van der Waals surface area contributed by atoms with Crippen molar-refractivity contribution >= 4 is 52.5 Å². The maximum atomic E-state index is 12.7. The topological polar surface area (TPSA) is 66.5 Å². The van der Waals surface area contributed by atoms with E-state index < -0.39 is 34.7 Å². The van der Waals surface area contributed by atoms with E-state index >= 15 is 0 Å². The van der Waals surface area contributed by atoms with Crippen molar-refractivity contribution in [2.75, 3.05) is 16.0 Å². The van der Waals surface area contributed by atoms with Crippen LogP contribution in [-0.4, -0.2) is 28.7 Å². The summed E-state index contributed by atoms with van der Waals surface area (Å²) in [5.74, 6) is -1.60. The Balaban J connectivity index is 1.59. The monoisotopic (exact) mass is 442 g/mol. The summed E-state index contributed by atoms with van der Waals surface area (Å²) in [7, 11) is 0. The lowest BCUT2D eigenvalue weighted by atomic mass is 10.2. The Bertz CT molecular complexity index is 950. The molecular weight excluding hydrogens is 429 g/mol. The van der Waals surface area contributed by atoms with E-state index in [2.05, 4.69) is 5.32 Å². The zero-order chi connectivity index (χ0) is 21.2. The molecular formula is C19H14ClF3N2O3S. The number of anilines is 2. The largest absolute Gasteiger partial charge is 0.416 e. The summed E-state index contributed by atoms with van der Waals surface area (Å²) in [6, 6.07) is 10.5. The summed E-state index contributed by atoms with van der Waals surface area (Å²) in [5.41, 5.74) is -0.485. The van der Waals surface area contributed by atoms with Crippen LogP contribution in [0.1, 0.15) is 12.0 Å². The van der Waals surface area contributed by atoms with Crippen LogP contribution in [0.5, 0.6) is 0 Å². The lowest BCUT2D eigenvalue weighted by molar-refractivity contribution is -0.137. The van der Waals surface area contributed by atoms with Crippen LogP contribution >= 0.6 is 23.4 Å². The quantitative estimate of drug-likeness (QED) is 0.699. The van der Waals surface area contributed by atoms with Crippen molar-refractivity contribution in [1.82, 2.24) is 0 Å². The molecule has 1 aliphatic heterocycles. The van der Waals surface area contributed by atoms with Gasteiger partial charge in [-0.2, -0.15) is 13.2 Å². The van der Waals surface area contributed by atoms with Crippen LogP contribution in [0.15, 0.2) is 48.5 Å². The molecule has 1 aliphatic rings. The molecule has 1 unspecified atom stereocenters. The molecule has 10 heteroatoms. The van der Waals surface area contributed by atoms with Crippen molar-refractivity contribution in [1.29, 1.82) is 0 Å². The second-order valence-corrected chi connectivity index (χ2v) is 7.80. The molecule has 1 atom stereocenters. The first kappa shape index (κ1) is 21.2. The van der Waals surface area contributed by atoms with Gasteiger partial charge in [-0.1, -0.05) is 17.7 Å². The molecule has 1 heterocycles. The minimum Gasteiger partial charge on any atom is -0.325 e. The minimum absolute atomic E-state index is 0.00189. The van der Waals surface area contributed by atoms with Crippen molar-refractivity contribution in [2.45, 2.75) is 17.8 Å². The molecule has 2 aromatic carbocycles. The van der Waals surface area contributed by atoms with Gasteiger partial charge in [0.1, 0.15) is 0 Å². The highest BCUT2D eigenvalue weighted by Gasteiger charge is 2.40. The smallest absolute Gasteiger partial charge is 0.325 e. The van der Waals surface area contributed by atoms with Crippen molar-refractivity contribution < 1.29 is 27.6 Å². The van der Waals surface area contributed by atoms with Gasteiger partial charge in [-0.3, -0.25) is 14.4 Å². The third kappa shape index (κ3) is 5.10. The van der Waals surface area contributed by atoms with Crippen molar-refractivity contribution in [3.05, 3.63) is 59.1 Å². The maximum Gasteiger partial charge on any atom is 0.416 e. The Morgan fingerprint density at radius 1 is 1.17 bits per heavy atom. The average molecular weight is 443 g/mol. The van der Waals surface area contributed by atoms with Crippen LogP contribution in [0.25, 0.3) is 0 Å². The third-order valence-corrected chi connectivity index (χ3v) is 5.53. The molecule has 0 aromatic heterocycles. The van der Waals surface area contributed by atoms with E-state index in [1.165, 1.54) is 12.1 Å². The van der Waals surface area contributed by atoms with Gasteiger partial charge in [0.25, 0.3) is 0 Å². The lowest BCUT2D eigenvalue weighted by Crippen LogP contribution is -2.31. The summed E-state index contributed by atoms with van der Waals surface area (Å²) in [6.07, 6.45) is -4.58. The minimum atomic E-state index is -4.52. The Morgan fingerprint density at radius 3 is 2.52 bits per heavy atom. The molecule has 3 amide bonds. The number of carbonyl (C=O) groups excluding carboxylic acids is 3. The maximum absolute atomic E-state index is 12.7. The summed E-state index contributed by atoms with van der Waals surface area (Å²) < 4.78 is 38.2. The number of thioether (sulfide) groups is 1. The van der Waals surface area contributed by atoms with Gasteiger partial charge in [-0.15, -0.1) is 11.8 Å². The molecule has 5 nitrogen and oxygen atoms in total. The van der Waals surface area contributed by atoms with Gasteiger partial charge in [0.05, 0.1) is 22.3 Å². The molecule has 0 bridgehead atoms. The highest BCUT2D eigenvalue weighted by Crippen LogP contribution is 2.32. The molecule has 1 saturated heterocycles. The first-order chi connectivity index (χ1) is 13.6. The van der Waals surface area contributed by atoms with Gasteiger partial charge < -0.3 is 5.32 Å². The average Bonchev–Trinajstić information content (AvgIpc) is 2.94. The number of benzene rings is 2. The van der Waals surface area contributed by atoms with E-state index in [0.717, 1.165) is 28.8 Å². The number of nitrogens with zero attached hydrogens (tertiary/aromatic N) is 1. The Kier molecular flexibility index (Phi) is 6.18. The normalized spacial score (nSPS) is 17.0. The fourth-order valence-electron chi connectivity index (χ4n) is 2.74. The lowest BCUT2D eigenvalue weighted by Gasteiger charge is -2.15. The highest BCUT2D eigenvalue weighted by atomic mass is 35.5. The second-order valence-electron chi connectivity index (χ2n) is 6.17. The van der Waals surface area contributed by atoms with Gasteiger partial charge in [0.2, 0.25) is 17.7 Å². The van der Waals surface area contributed by atoms with Crippen molar-refractivity contribution in [3.63, 3.8) is 0 Å². The standard InChI is InChI=1S/C19H14ClF3N2O3S/c20-12-4-6-14(7-5-12)25-17(27)9-15(18(25)28)29-10-16(26)24-13-3-1-2-11(8-13)19(21,22)23/h1-8,15H,9-10H2,(H,24,26). The summed E-state index contributed by atoms with van der Waals surface area (Å²) in [6.45, 7) is 0.